The largest absolute Gasteiger partial charge is 0.387 e. The van der Waals surface area contributed by atoms with Crippen LogP contribution in [0.15, 0.2) is 70.9 Å². The first-order valence-corrected chi connectivity index (χ1v) is 8.23. The standard InChI is InChI=1S/C19H24N4O3/c1-14(26-2)18(24)19(25)17(23-22-16-11-7-4-8-12-16)13-20-21-15-9-5-3-6-10-15/h3-14,18-19,21-22,24-25H,1-2H3/b20-13-,23-17-/t14-,18+,19-/m0/s1. The molecule has 0 aliphatic carbocycles. The third-order valence-corrected chi connectivity index (χ3v) is 3.73. The van der Waals surface area contributed by atoms with Gasteiger partial charge in [0.15, 0.2) is 0 Å². The minimum Gasteiger partial charge on any atom is -0.387 e. The molecule has 7 heteroatoms. The average molecular weight is 356 g/mol. The number of aliphatic hydroxyl groups excluding tert-OH is 2. The van der Waals surface area contributed by atoms with Gasteiger partial charge in [-0.15, -0.1) is 0 Å². The summed E-state index contributed by atoms with van der Waals surface area (Å²) < 4.78 is 5.07. The summed E-state index contributed by atoms with van der Waals surface area (Å²) in [5.41, 5.74) is 7.39. The summed E-state index contributed by atoms with van der Waals surface area (Å²) in [6.45, 7) is 1.66. The van der Waals surface area contributed by atoms with Gasteiger partial charge in [-0.1, -0.05) is 36.4 Å². The van der Waals surface area contributed by atoms with Crippen molar-refractivity contribution in [3.8, 4) is 0 Å². The summed E-state index contributed by atoms with van der Waals surface area (Å²) in [4.78, 5) is 0. The van der Waals surface area contributed by atoms with Crippen molar-refractivity contribution in [1.82, 2.24) is 0 Å². The highest BCUT2D eigenvalue weighted by molar-refractivity contribution is 6.33. The predicted octanol–water partition coefficient (Wildman–Crippen LogP) is 2.31. The van der Waals surface area contributed by atoms with Gasteiger partial charge in [0.05, 0.1) is 23.7 Å². The van der Waals surface area contributed by atoms with Crippen LogP contribution >= 0.6 is 0 Å². The van der Waals surface area contributed by atoms with E-state index in [0.29, 0.717) is 0 Å². The molecule has 26 heavy (non-hydrogen) atoms. The number of benzene rings is 2. The minimum atomic E-state index is -1.28. The molecule has 0 aliphatic heterocycles. The second kappa shape index (κ2) is 10.3. The molecule has 2 rings (SSSR count). The van der Waals surface area contributed by atoms with E-state index in [4.69, 9.17) is 4.74 Å². The van der Waals surface area contributed by atoms with Crippen LogP contribution in [-0.4, -0.2) is 47.6 Å². The number of ether oxygens (including phenoxy) is 1. The summed E-state index contributed by atoms with van der Waals surface area (Å²) in [5.74, 6) is 0. The van der Waals surface area contributed by atoms with E-state index in [-0.39, 0.29) is 5.71 Å². The first-order chi connectivity index (χ1) is 12.6. The van der Waals surface area contributed by atoms with E-state index in [0.717, 1.165) is 11.4 Å². The molecule has 0 saturated heterocycles. The molecule has 138 valence electrons. The fourth-order valence-corrected chi connectivity index (χ4v) is 2.07. The Bertz CT molecular complexity index is 707. The van der Waals surface area contributed by atoms with Crippen LogP contribution in [0.5, 0.6) is 0 Å². The lowest BCUT2D eigenvalue weighted by molar-refractivity contribution is -0.0448. The number of hydrogen-bond acceptors (Lipinski definition) is 7. The molecule has 2 aromatic carbocycles. The maximum Gasteiger partial charge on any atom is 0.128 e. The number of hydrogen-bond donors (Lipinski definition) is 4. The summed E-state index contributed by atoms with van der Waals surface area (Å²) in [5, 5.41) is 28.9. The molecule has 0 saturated carbocycles. The number of nitrogens with one attached hydrogen (secondary N) is 2. The van der Waals surface area contributed by atoms with Gasteiger partial charge in [0.1, 0.15) is 17.9 Å². The molecule has 0 amide bonds. The third-order valence-electron chi connectivity index (χ3n) is 3.73. The van der Waals surface area contributed by atoms with Gasteiger partial charge >= 0.3 is 0 Å². The molecule has 2 aromatic rings. The van der Waals surface area contributed by atoms with Crippen molar-refractivity contribution in [3.63, 3.8) is 0 Å². The van der Waals surface area contributed by atoms with Gasteiger partial charge in [-0.25, -0.2) is 0 Å². The van der Waals surface area contributed by atoms with Crippen molar-refractivity contribution < 1.29 is 14.9 Å². The monoisotopic (exact) mass is 356 g/mol. The summed E-state index contributed by atoms with van der Waals surface area (Å²) in [6.07, 6.45) is -1.64. The van der Waals surface area contributed by atoms with Crippen molar-refractivity contribution >= 4 is 23.3 Å². The molecule has 0 radical (unpaired) electrons. The Kier molecular flexibility index (Phi) is 7.75. The number of para-hydroxylation sites is 2. The van der Waals surface area contributed by atoms with Crippen LogP contribution in [0.25, 0.3) is 0 Å². The van der Waals surface area contributed by atoms with E-state index < -0.39 is 18.3 Å². The number of anilines is 2. The Balaban J connectivity index is 2.14. The van der Waals surface area contributed by atoms with E-state index in [2.05, 4.69) is 21.1 Å². The van der Waals surface area contributed by atoms with Crippen LogP contribution in [0, 0.1) is 0 Å². The minimum absolute atomic E-state index is 0.161. The van der Waals surface area contributed by atoms with Crippen molar-refractivity contribution in [3.05, 3.63) is 60.7 Å². The quantitative estimate of drug-likeness (QED) is 0.408. The molecule has 0 heterocycles. The Morgan fingerprint density at radius 3 is 2.04 bits per heavy atom. The maximum atomic E-state index is 10.4. The fraction of sp³-hybridized carbons (Fsp3) is 0.263. The molecule has 0 unspecified atom stereocenters. The molecular formula is C19H24N4O3. The molecule has 0 aliphatic rings. The summed E-state index contributed by atoms with van der Waals surface area (Å²) in [6, 6.07) is 18.6. The Labute approximate surface area is 153 Å². The van der Waals surface area contributed by atoms with Crippen LogP contribution < -0.4 is 10.9 Å². The topological polar surface area (TPSA) is 98.5 Å². The molecular weight excluding hydrogens is 332 g/mol. The van der Waals surface area contributed by atoms with Crippen LogP contribution in [-0.2, 0) is 4.74 Å². The van der Waals surface area contributed by atoms with Gasteiger partial charge in [0.25, 0.3) is 0 Å². The zero-order valence-corrected chi connectivity index (χ0v) is 14.8. The number of rotatable bonds is 9. The van der Waals surface area contributed by atoms with E-state index in [1.54, 1.807) is 6.92 Å². The highest BCUT2D eigenvalue weighted by atomic mass is 16.5. The molecule has 0 bridgehead atoms. The number of hydrazone groups is 2. The normalized spacial score (nSPS) is 15.5. The van der Waals surface area contributed by atoms with E-state index in [1.165, 1.54) is 13.3 Å². The van der Waals surface area contributed by atoms with E-state index in [9.17, 15) is 10.2 Å². The average Bonchev–Trinajstić information content (AvgIpc) is 2.70. The van der Waals surface area contributed by atoms with E-state index in [1.807, 2.05) is 60.7 Å². The SMILES string of the molecule is CO[C@@H](C)[C@@H](O)[C@@H](O)C(/C=N\Nc1ccccc1)=N\Nc1ccccc1. The summed E-state index contributed by atoms with van der Waals surface area (Å²) >= 11 is 0. The Hall–Kier alpha value is -2.74. The van der Waals surface area contributed by atoms with Crippen LogP contribution in [0.3, 0.4) is 0 Å². The first kappa shape index (κ1) is 19.6. The molecule has 3 atom stereocenters. The smallest absolute Gasteiger partial charge is 0.128 e. The number of methoxy groups -OCH3 is 1. The lowest BCUT2D eigenvalue weighted by Crippen LogP contribution is -2.42. The van der Waals surface area contributed by atoms with Gasteiger partial charge in [0.2, 0.25) is 0 Å². The van der Waals surface area contributed by atoms with Crippen molar-refractivity contribution in [2.24, 2.45) is 10.2 Å². The molecule has 4 N–H and O–H groups in total. The number of nitrogens with zero attached hydrogens (tertiary/aromatic N) is 2. The van der Waals surface area contributed by atoms with Crippen LogP contribution in [0.1, 0.15) is 6.92 Å². The maximum absolute atomic E-state index is 10.4. The summed E-state index contributed by atoms with van der Waals surface area (Å²) in [7, 11) is 1.46. The molecule has 0 aromatic heterocycles. The van der Waals surface area contributed by atoms with Gasteiger partial charge in [0, 0.05) is 7.11 Å². The van der Waals surface area contributed by atoms with Crippen molar-refractivity contribution in [2.75, 3.05) is 18.0 Å². The van der Waals surface area contributed by atoms with E-state index >= 15 is 0 Å². The Morgan fingerprint density at radius 1 is 0.962 bits per heavy atom. The zero-order valence-electron chi connectivity index (χ0n) is 14.8. The van der Waals surface area contributed by atoms with Gasteiger partial charge < -0.3 is 14.9 Å². The van der Waals surface area contributed by atoms with Crippen molar-refractivity contribution in [2.45, 2.75) is 25.2 Å². The predicted molar refractivity (Wildman–Crippen MR) is 105 cm³/mol. The first-order valence-electron chi connectivity index (χ1n) is 8.23. The van der Waals surface area contributed by atoms with Crippen LogP contribution in [0.4, 0.5) is 11.4 Å². The molecule has 7 nitrogen and oxygen atoms in total. The van der Waals surface area contributed by atoms with Gasteiger partial charge in [-0.2, -0.15) is 10.2 Å². The highest BCUT2D eigenvalue weighted by Gasteiger charge is 2.26. The lowest BCUT2D eigenvalue weighted by Gasteiger charge is -2.22. The third kappa shape index (κ3) is 5.96. The molecule has 0 spiro atoms. The highest BCUT2D eigenvalue weighted by Crippen LogP contribution is 2.09. The van der Waals surface area contributed by atoms with Crippen LogP contribution in [0.2, 0.25) is 0 Å². The second-order valence-electron chi connectivity index (χ2n) is 5.63. The lowest BCUT2D eigenvalue weighted by atomic mass is 10.1. The zero-order chi connectivity index (χ0) is 18.8. The van der Waals surface area contributed by atoms with Gasteiger partial charge in [-0.05, 0) is 31.2 Å². The number of aliphatic hydroxyl groups is 2. The fourth-order valence-electron chi connectivity index (χ4n) is 2.07. The van der Waals surface area contributed by atoms with Crippen molar-refractivity contribution in [1.29, 1.82) is 0 Å². The van der Waals surface area contributed by atoms with Gasteiger partial charge in [-0.3, -0.25) is 10.9 Å². The second-order valence-corrected chi connectivity index (χ2v) is 5.63. The Morgan fingerprint density at radius 2 is 1.50 bits per heavy atom. The molecule has 0 fully saturated rings.